The van der Waals surface area contributed by atoms with Crippen LogP contribution in [0.4, 0.5) is 0 Å². The van der Waals surface area contributed by atoms with Gasteiger partial charge in [0.15, 0.2) is 0 Å². The van der Waals surface area contributed by atoms with Gasteiger partial charge in [0, 0.05) is 11.1 Å². The topological polar surface area (TPSA) is 116 Å². The van der Waals surface area contributed by atoms with E-state index in [9.17, 15) is 25.2 Å². The van der Waals surface area contributed by atoms with Gasteiger partial charge in [-0.05, 0) is 6.07 Å². The molecule has 1 aromatic carbocycles. The molecule has 0 aromatic heterocycles. The summed E-state index contributed by atoms with van der Waals surface area (Å²) in [5.41, 5.74) is 0.806. The highest BCUT2D eigenvalue weighted by Gasteiger charge is 2.44. The highest BCUT2D eigenvalue weighted by atomic mass is 16.5. The molecule has 0 spiro atoms. The molecule has 0 bridgehead atoms. The third kappa shape index (κ3) is 2.92. The number of carbonyl (C=O) groups excluding carboxylic acids is 1. The lowest BCUT2D eigenvalue weighted by Crippen LogP contribution is -2.55. The number of benzene rings is 1. The Morgan fingerprint density at radius 1 is 1.24 bits per heavy atom. The first-order valence-corrected chi connectivity index (χ1v) is 6.47. The van der Waals surface area contributed by atoms with Gasteiger partial charge >= 0.3 is 0 Å². The molecular formula is C14H18O7. The molecule has 4 N–H and O–H groups in total. The zero-order chi connectivity index (χ0) is 15.6. The number of aliphatic hydroxyl groups is 4. The molecule has 1 aliphatic heterocycles. The third-order valence-electron chi connectivity index (χ3n) is 3.59. The van der Waals surface area contributed by atoms with Gasteiger partial charge in [0.05, 0.1) is 13.7 Å². The largest absolute Gasteiger partial charge is 0.496 e. The minimum atomic E-state index is -1.46. The Labute approximate surface area is 121 Å². The first-order chi connectivity index (χ1) is 10.0. The summed E-state index contributed by atoms with van der Waals surface area (Å²) in [6.07, 6.45) is -5.60. The molecule has 1 saturated heterocycles. The highest BCUT2D eigenvalue weighted by molar-refractivity contribution is 5.76. The fourth-order valence-electron chi connectivity index (χ4n) is 2.39. The first-order valence-electron chi connectivity index (χ1n) is 6.47. The molecule has 1 heterocycles. The second-order valence-electron chi connectivity index (χ2n) is 4.87. The van der Waals surface area contributed by atoms with Crippen LogP contribution in [0.3, 0.4) is 0 Å². The van der Waals surface area contributed by atoms with E-state index in [4.69, 9.17) is 9.47 Å². The van der Waals surface area contributed by atoms with Crippen LogP contribution in [0.2, 0.25) is 0 Å². The molecule has 21 heavy (non-hydrogen) atoms. The Hall–Kier alpha value is -1.51. The lowest BCUT2D eigenvalue weighted by Gasteiger charge is -2.40. The highest BCUT2D eigenvalue weighted by Crippen LogP contribution is 2.37. The van der Waals surface area contributed by atoms with E-state index in [2.05, 4.69) is 0 Å². The normalized spacial score (nSPS) is 32.7. The lowest BCUT2D eigenvalue weighted by molar-refractivity contribution is -0.232. The van der Waals surface area contributed by atoms with E-state index in [1.807, 2.05) is 0 Å². The lowest BCUT2D eigenvalue weighted by atomic mass is 9.90. The Kier molecular flexibility index (Phi) is 4.92. The van der Waals surface area contributed by atoms with Gasteiger partial charge in [0.2, 0.25) is 0 Å². The van der Waals surface area contributed by atoms with Crippen LogP contribution < -0.4 is 4.74 Å². The van der Waals surface area contributed by atoms with Crippen molar-refractivity contribution in [1.29, 1.82) is 0 Å². The summed E-state index contributed by atoms with van der Waals surface area (Å²) in [6.45, 7) is -0.504. The number of methoxy groups -OCH3 is 1. The van der Waals surface area contributed by atoms with E-state index in [1.54, 1.807) is 0 Å². The van der Waals surface area contributed by atoms with Crippen molar-refractivity contribution in [2.24, 2.45) is 0 Å². The number of carbonyl (C=O) groups is 1. The fourth-order valence-corrected chi connectivity index (χ4v) is 2.39. The summed E-state index contributed by atoms with van der Waals surface area (Å²) in [5.74, 6) is 0.309. The number of hydrogen-bond donors (Lipinski definition) is 4. The van der Waals surface area contributed by atoms with E-state index >= 15 is 0 Å². The van der Waals surface area contributed by atoms with Gasteiger partial charge in [-0.3, -0.25) is 4.79 Å². The predicted octanol–water partition coefficient (Wildman–Crippen LogP) is -0.977. The van der Waals surface area contributed by atoms with Gasteiger partial charge in [-0.2, -0.15) is 0 Å². The Morgan fingerprint density at radius 2 is 1.95 bits per heavy atom. The summed E-state index contributed by atoms with van der Waals surface area (Å²) >= 11 is 0. The van der Waals surface area contributed by atoms with Crippen LogP contribution >= 0.6 is 0 Å². The van der Waals surface area contributed by atoms with E-state index in [1.165, 1.54) is 25.3 Å². The average molecular weight is 298 g/mol. The standard InChI is InChI=1S/C14H18O7/c1-20-9-4-7(5-15)2-3-8(9)14-13(19)12(18)11(17)10(6-16)21-14/h2-5,10-14,16-19H,6H2,1H3/t10-,11-,12+,13+,14-/m1/s1. The van der Waals surface area contributed by atoms with Crippen molar-refractivity contribution >= 4 is 6.29 Å². The maximum atomic E-state index is 10.8. The molecule has 1 aromatic rings. The molecule has 5 atom stereocenters. The second-order valence-corrected chi connectivity index (χ2v) is 4.87. The van der Waals surface area contributed by atoms with Gasteiger partial charge < -0.3 is 29.9 Å². The predicted molar refractivity (Wildman–Crippen MR) is 71.1 cm³/mol. The minimum Gasteiger partial charge on any atom is -0.496 e. The van der Waals surface area contributed by atoms with Gasteiger partial charge in [-0.1, -0.05) is 12.1 Å². The van der Waals surface area contributed by atoms with Crippen molar-refractivity contribution in [3.63, 3.8) is 0 Å². The van der Waals surface area contributed by atoms with Crippen LogP contribution in [0.1, 0.15) is 22.0 Å². The molecule has 0 radical (unpaired) electrons. The Morgan fingerprint density at radius 3 is 2.52 bits per heavy atom. The maximum absolute atomic E-state index is 10.8. The minimum absolute atomic E-state index is 0.309. The third-order valence-corrected chi connectivity index (χ3v) is 3.59. The van der Waals surface area contributed by atoms with Crippen LogP contribution in [0.25, 0.3) is 0 Å². The van der Waals surface area contributed by atoms with Crippen LogP contribution in [0.15, 0.2) is 18.2 Å². The monoisotopic (exact) mass is 298 g/mol. The summed E-state index contributed by atoms with van der Waals surface area (Å²) < 4.78 is 10.6. The molecule has 0 amide bonds. The SMILES string of the molecule is COc1cc(C=O)ccc1[C@H]1O[C@H](CO)[C@@H](O)[C@H](O)[C@@H]1O. The molecule has 116 valence electrons. The smallest absolute Gasteiger partial charge is 0.150 e. The molecular weight excluding hydrogens is 280 g/mol. The molecule has 1 fully saturated rings. The second kappa shape index (κ2) is 6.50. The number of ether oxygens (including phenoxy) is 2. The van der Waals surface area contributed by atoms with Crippen molar-refractivity contribution in [2.75, 3.05) is 13.7 Å². The van der Waals surface area contributed by atoms with Crippen molar-refractivity contribution in [3.8, 4) is 5.75 Å². The molecule has 0 saturated carbocycles. The Balaban J connectivity index is 2.37. The van der Waals surface area contributed by atoms with E-state index < -0.39 is 37.1 Å². The number of hydrogen-bond acceptors (Lipinski definition) is 7. The zero-order valence-electron chi connectivity index (χ0n) is 11.4. The molecule has 7 heteroatoms. The quantitative estimate of drug-likeness (QED) is 0.528. The molecule has 0 aliphatic carbocycles. The summed E-state index contributed by atoms with van der Waals surface area (Å²) in [6, 6.07) is 4.53. The van der Waals surface area contributed by atoms with Crippen molar-refractivity contribution in [3.05, 3.63) is 29.3 Å². The zero-order valence-corrected chi connectivity index (χ0v) is 11.4. The number of aldehydes is 1. The van der Waals surface area contributed by atoms with Crippen LogP contribution in [-0.2, 0) is 4.74 Å². The van der Waals surface area contributed by atoms with Crippen molar-refractivity contribution in [1.82, 2.24) is 0 Å². The molecule has 0 unspecified atom stereocenters. The van der Waals surface area contributed by atoms with Crippen LogP contribution in [0.5, 0.6) is 5.75 Å². The molecule has 7 nitrogen and oxygen atoms in total. The summed E-state index contributed by atoms with van der Waals surface area (Å²) in [5, 5.41) is 38.8. The summed E-state index contributed by atoms with van der Waals surface area (Å²) in [7, 11) is 1.40. The average Bonchev–Trinajstić information content (AvgIpc) is 2.52. The first kappa shape index (κ1) is 15.9. The molecule has 1 aliphatic rings. The summed E-state index contributed by atoms with van der Waals surface area (Å²) in [4.78, 5) is 10.8. The van der Waals surface area contributed by atoms with Gasteiger partial charge in [-0.25, -0.2) is 0 Å². The van der Waals surface area contributed by atoms with Crippen LogP contribution in [-0.4, -0.2) is 64.8 Å². The van der Waals surface area contributed by atoms with Gasteiger partial charge in [0.25, 0.3) is 0 Å². The van der Waals surface area contributed by atoms with Gasteiger partial charge in [-0.15, -0.1) is 0 Å². The fraction of sp³-hybridized carbons (Fsp3) is 0.500. The van der Waals surface area contributed by atoms with Crippen molar-refractivity contribution < 1.29 is 34.7 Å². The van der Waals surface area contributed by atoms with Crippen molar-refractivity contribution in [2.45, 2.75) is 30.5 Å². The van der Waals surface area contributed by atoms with E-state index in [0.29, 0.717) is 23.2 Å². The van der Waals surface area contributed by atoms with E-state index in [-0.39, 0.29) is 0 Å². The van der Waals surface area contributed by atoms with Crippen LogP contribution in [0, 0.1) is 0 Å². The Bertz CT molecular complexity index is 502. The number of rotatable bonds is 4. The van der Waals surface area contributed by atoms with Gasteiger partial charge in [0.1, 0.15) is 42.6 Å². The molecule has 2 rings (SSSR count). The number of aliphatic hydroxyl groups excluding tert-OH is 4. The maximum Gasteiger partial charge on any atom is 0.150 e. The van der Waals surface area contributed by atoms with E-state index in [0.717, 1.165) is 0 Å².